The van der Waals surface area contributed by atoms with Crippen molar-refractivity contribution >= 4 is 21.6 Å². The summed E-state index contributed by atoms with van der Waals surface area (Å²) in [5.41, 5.74) is 0.440. The number of aromatic nitrogens is 1. The average Bonchev–Trinajstić information content (AvgIpc) is 2.98. The molecule has 2 aromatic rings. The number of benzene rings is 1. The molecule has 1 aromatic heterocycles. The molecule has 1 aliphatic heterocycles. The first-order valence-electron chi connectivity index (χ1n) is 7.01. The number of nitrogens with zero attached hydrogens (tertiary/aromatic N) is 2. The highest BCUT2D eigenvalue weighted by atomic mass is 32.2. The van der Waals surface area contributed by atoms with Crippen molar-refractivity contribution in [3.8, 4) is 6.07 Å². The summed E-state index contributed by atoms with van der Waals surface area (Å²) < 4.78 is 41.2. The third-order valence-corrected chi connectivity index (χ3v) is 5.27. The number of amides is 1. The molecule has 24 heavy (non-hydrogen) atoms. The predicted octanol–water partition coefficient (Wildman–Crippen LogP) is 1.45. The lowest BCUT2D eigenvalue weighted by Gasteiger charge is -2.22. The normalized spacial score (nSPS) is 14.2. The highest BCUT2D eigenvalue weighted by Crippen LogP contribution is 2.27. The van der Waals surface area contributed by atoms with Crippen molar-refractivity contribution in [3.05, 3.63) is 47.0 Å². The molecule has 0 unspecified atom stereocenters. The minimum absolute atomic E-state index is 0.0808. The number of nitrogens with one attached hydrogen (secondary N) is 2. The number of anilines is 1. The topological polar surface area (TPSA) is 106 Å². The molecule has 7 nitrogen and oxygen atoms in total. The van der Waals surface area contributed by atoms with Gasteiger partial charge in [0.25, 0.3) is 15.9 Å². The number of hydrogen-bond donors (Lipinski definition) is 2. The van der Waals surface area contributed by atoms with Crippen molar-refractivity contribution in [2.45, 2.75) is 11.3 Å². The smallest absolute Gasteiger partial charge is 0.270 e. The second-order valence-corrected chi connectivity index (χ2v) is 7.05. The molecule has 1 amide bonds. The summed E-state index contributed by atoms with van der Waals surface area (Å²) in [6.07, 6.45) is 1.61. The van der Waals surface area contributed by atoms with E-state index in [-0.39, 0.29) is 27.7 Å². The second kappa shape index (κ2) is 5.65. The van der Waals surface area contributed by atoms with Gasteiger partial charge >= 0.3 is 0 Å². The molecule has 0 radical (unpaired) electrons. The van der Waals surface area contributed by atoms with Crippen LogP contribution < -0.4 is 4.72 Å². The van der Waals surface area contributed by atoms with Crippen LogP contribution in [0.4, 0.5) is 10.1 Å². The molecule has 0 bridgehead atoms. The lowest BCUT2D eigenvalue weighted by molar-refractivity contribution is 0.0775. The van der Waals surface area contributed by atoms with Crippen molar-refractivity contribution in [3.63, 3.8) is 0 Å². The minimum Gasteiger partial charge on any atom is -0.356 e. The van der Waals surface area contributed by atoms with Crippen molar-refractivity contribution < 1.29 is 17.6 Å². The van der Waals surface area contributed by atoms with Crippen LogP contribution in [0.25, 0.3) is 0 Å². The maximum atomic E-state index is 13.9. The van der Waals surface area contributed by atoms with Gasteiger partial charge in [-0.15, -0.1) is 0 Å². The highest BCUT2D eigenvalue weighted by Gasteiger charge is 2.30. The monoisotopic (exact) mass is 348 g/mol. The van der Waals surface area contributed by atoms with Crippen LogP contribution in [-0.2, 0) is 16.4 Å². The summed E-state index contributed by atoms with van der Waals surface area (Å²) in [5.74, 6) is -1.14. The SMILES string of the molecule is CN1CCc2c(S(=O)(=O)Nc3ccc(C#N)cc3F)c[nH]c2C1=O. The van der Waals surface area contributed by atoms with Crippen LogP contribution in [0.3, 0.4) is 0 Å². The zero-order valence-electron chi connectivity index (χ0n) is 12.6. The van der Waals surface area contributed by atoms with Crippen molar-refractivity contribution in [2.75, 3.05) is 18.3 Å². The molecular weight excluding hydrogens is 335 g/mol. The van der Waals surface area contributed by atoms with E-state index in [9.17, 15) is 17.6 Å². The van der Waals surface area contributed by atoms with Gasteiger partial charge in [0.15, 0.2) is 0 Å². The number of halogens is 1. The number of carbonyl (C=O) groups is 1. The molecule has 1 aromatic carbocycles. The van der Waals surface area contributed by atoms with Gasteiger partial charge in [0, 0.05) is 25.4 Å². The van der Waals surface area contributed by atoms with E-state index in [0.29, 0.717) is 18.5 Å². The summed E-state index contributed by atoms with van der Waals surface area (Å²) in [6, 6.07) is 5.21. The second-order valence-electron chi connectivity index (χ2n) is 5.40. The number of hydrogen-bond acceptors (Lipinski definition) is 4. The van der Waals surface area contributed by atoms with Crippen LogP contribution in [0.15, 0.2) is 29.3 Å². The van der Waals surface area contributed by atoms with Crippen LogP contribution in [0.1, 0.15) is 21.6 Å². The fourth-order valence-corrected chi connectivity index (χ4v) is 3.86. The number of rotatable bonds is 3. The summed E-state index contributed by atoms with van der Waals surface area (Å²) >= 11 is 0. The van der Waals surface area contributed by atoms with Gasteiger partial charge in [-0.05, 0) is 24.6 Å². The van der Waals surface area contributed by atoms with E-state index < -0.39 is 15.8 Å². The standard InChI is InChI=1S/C15H13FN4O3S/c1-20-5-4-10-13(8-18-14(10)15(20)21)24(22,23)19-12-3-2-9(7-17)6-11(12)16/h2-3,6,8,18-19H,4-5H2,1H3. The third kappa shape index (κ3) is 2.61. The molecule has 0 atom stereocenters. The molecule has 9 heteroatoms. The van der Waals surface area contributed by atoms with E-state index in [1.54, 1.807) is 13.1 Å². The molecule has 0 saturated carbocycles. The Balaban J connectivity index is 1.97. The number of nitriles is 1. The molecule has 0 saturated heterocycles. The molecule has 0 fully saturated rings. The Bertz CT molecular complexity index is 975. The van der Waals surface area contributed by atoms with Crippen molar-refractivity contribution in [1.29, 1.82) is 5.26 Å². The minimum atomic E-state index is -4.07. The average molecular weight is 348 g/mol. The number of fused-ring (bicyclic) bond motifs is 1. The molecule has 2 heterocycles. The Hall–Kier alpha value is -2.86. The third-order valence-electron chi connectivity index (χ3n) is 3.84. The quantitative estimate of drug-likeness (QED) is 0.875. The van der Waals surface area contributed by atoms with Gasteiger partial charge in [-0.1, -0.05) is 0 Å². The van der Waals surface area contributed by atoms with Gasteiger partial charge in [-0.2, -0.15) is 5.26 Å². The Morgan fingerprint density at radius 3 is 2.83 bits per heavy atom. The lowest BCUT2D eigenvalue weighted by Crippen LogP contribution is -2.34. The van der Waals surface area contributed by atoms with Gasteiger partial charge in [-0.3, -0.25) is 9.52 Å². The van der Waals surface area contributed by atoms with E-state index in [2.05, 4.69) is 9.71 Å². The number of sulfonamides is 1. The number of likely N-dealkylation sites (N-methyl/N-ethyl adjacent to an activating group) is 1. The number of carbonyl (C=O) groups excluding carboxylic acids is 1. The summed E-state index contributed by atoms with van der Waals surface area (Å²) in [4.78, 5) is 16.1. The molecule has 0 spiro atoms. The number of aromatic amines is 1. The molecule has 2 N–H and O–H groups in total. The summed E-state index contributed by atoms with van der Waals surface area (Å²) in [6.45, 7) is 0.400. The van der Waals surface area contributed by atoms with E-state index in [1.165, 1.54) is 23.2 Å². The Kier molecular flexibility index (Phi) is 3.77. The lowest BCUT2D eigenvalue weighted by atomic mass is 10.1. The van der Waals surface area contributed by atoms with Gasteiger partial charge in [0.1, 0.15) is 16.4 Å². The van der Waals surface area contributed by atoms with E-state index >= 15 is 0 Å². The van der Waals surface area contributed by atoms with Gasteiger partial charge in [-0.25, -0.2) is 12.8 Å². The first kappa shape index (κ1) is 16.0. The van der Waals surface area contributed by atoms with Crippen LogP contribution in [-0.4, -0.2) is 37.8 Å². The molecule has 3 rings (SSSR count). The Morgan fingerprint density at radius 2 is 2.17 bits per heavy atom. The van der Waals surface area contributed by atoms with E-state index in [1.807, 2.05) is 0 Å². The molecular formula is C15H13FN4O3S. The molecule has 124 valence electrons. The highest BCUT2D eigenvalue weighted by molar-refractivity contribution is 7.92. The Morgan fingerprint density at radius 1 is 1.42 bits per heavy atom. The van der Waals surface area contributed by atoms with Crippen LogP contribution in [0.5, 0.6) is 0 Å². The number of H-pyrrole nitrogens is 1. The summed E-state index contributed by atoms with van der Waals surface area (Å²) in [5, 5.41) is 8.72. The maximum absolute atomic E-state index is 13.9. The first-order valence-corrected chi connectivity index (χ1v) is 8.50. The Labute approximate surface area is 137 Å². The zero-order chi connectivity index (χ0) is 17.5. The van der Waals surface area contributed by atoms with Crippen molar-refractivity contribution in [1.82, 2.24) is 9.88 Å². The molecule has 0 aliphatic carbocycles. The first-order chi connectivity index (χ1) is 11.3. The summed E-state index contributed by atoms with van der Waals surface area (Å²) in [7, 11) is -2.44. The maximum Gasteiger partial charge on any atom is 0.270 e. The van der Waals surface area contributed by atoms with Crippen LogP contribution >= 0.6 is 0 Å². The van der Waals surface area contributed by atoms with Gasteiger partial charge in [0.05, 0.1) is 17.3 Å². The van der Waals surface area contributed by atoms with E-state index in [4.69, 9.17) is 5.26 Å². The fraction of sp³-hybridized carbons (Fsp3) is 0.200. The predicted molar refractivity (Wildman–Crippen MR) is 83.4 cm³/mol. The van der Waals surface area contributed by atoms with Gasteiger partial charge < -0.3 is 9.88 Å². The largest absolute Gasteiger partial charge is 0.356 e. The van der Waals surface area contributed by atoms with Crippen molar-refractivity contribution in [2.24, 2.45) is 0 Å². The fourth-order valence-electron chi connectivity index (χ4n) is 2.55. The van der Waals surface area contributed by atoms with Crippen LogP contribution in [0, 0.1) is 17.1 Å². The molecule has 1 aliphatic rings. The van der Waals surface area contributed by atoms with Crippen LogP contribution in [0.2, 0.25) is 0 Å². The van der Waals surface area contributed by atoms with E-state index in [0.717, 1.165) is 6.07 Å². The van der Waals surface area contributed by atoms with Gasteiger partial charge in [0.2, 0.25) is 0 Å². The zero-order valence-corrected chi connectivity index (χ0v) is 13.4.